The Kier molecular flexibility index (Phi) is 7.22. The van der Waals surface area contributed by atoms with Gasteiger partial charge < -0.3 is 18.0 Å². The molecule has 0 fully saturated rings. The van der Waals surface area contributed by atoms with Crippen molar-refractivity contribution in [3.8, 4) is 33.6 Å². The molecule has 0 amide bonds. The normalized spacial score (nSPS) is 12.2. The van der Waals surface area contributed by atoms with E-state index in [9.17, 15) is 0 Å². The monoisotopic (exact) mass is 868 g/mol. The highest BCUT2D eigenvalue weighted by Gasteiger charge is 2.22. The molecule has 0 N–H and O–H groups in total. The van der Waals surface area contributed by atoms with Gasteiger partial charge in [-0.1, -0.05) is 137 Å². The molecule has 0 aliphatic rings. The van der Waals surface area contributed by atoms with Crippen LogP contribution in [0.4, 0.5) is 0 Å². The van der Waals surface area contributed by atoms with Crippen LogP contribution in [0.5, 0.6) is 0 Å². The second kappa shape index (κ2) is 13.1. The second-order valence-corrected chi connectivity index (χ2v) is 17.5. The molecule has 0 unspecified atom stereocenters. The van der Waals surface area contributed by atoms with Crippen LogP contribution in [-0.2, 0) is 0 Å². The predicted molar refractivity (Wildman–Crippen MR) is 266 cm³/mol. The van der Waals surface area contributed by atoms with E-state index in [1.54, 1.807) is 0 Å². The van der Waals surface area contributed by atoms with E-state index in [0.29, 0.717) is 0 Å². The number of hydrogen-bond donors (Lipinski definition) is 0. The largest absolute Gasteiger partial charge is 0.455 e. The van der Waals surface area contributed by atoms with Crippen LogP contribution >= 0.6 is 15.9 Å². The number of halogens is 1. The molecule has 0 saturated carbocycles. The number of fused-ring (bicyclic) bond motifs is 14. The highest BCUT2D eigenvalue weighted by Crippen LogP contribution is 2.44. The van der Waals surface area contributed by atoms with Crippen LogP contribution in [-0.4, -0.2) is 9.13 Å². The van der Waals surface area contributed by atoms with Gasteiger partial charge in [-0.15, -0.1) is 0 Å². The van der Waals surface area contributed by atoms with E-state index in [4.69, 9.17) is 8.83 Å². The van der Waals surface area contributed by atoms with Crippen molar-refractivity contribution >= 4 is 114 Å². The van der Waals surface area contributed by atoms with Crippen LogP contribution in [0.2, 0.25) is 0 Å². The molecule has 14 rings (SSSR count). The van der Waals surface area contributed by atoms with Gasteiger partial charge in [-0.2, -0.15) is 0 Å². The van der Waals surface area contributed by atoms with Crippen LogP contribution in [0, 0.1) is 0 Å². The molecule has 5 heteroatoms. The van der Waals surface area contributed by atoms with Crippen LogP contribution < -0.4 is 0 Å². The van der Waals surface area contributed by atoms with Crippen molar-refractivity contribution in [3.05, 3.63) is 205 Å². The van der Waals surface area contributed by atoms with E-state index in [1.807, 2.05) is 18.2 Å². The maximum absolute atomic E-state index is 6.63. The Morgan fingerprint density at radius 2 is 0.825 bits per heavy atom. The summed E-state index contributed by atoms with van der Waals surface area (Å²) in [6.45, 7) is 0. The Morgan fingerprint density at radius 1 is 0.317 bits per heavy atom. The summed E-state index contributed by atoms with van der Waals surface area (Å²) >= 11 is 3.92. The molecule has 0 radical (unpaired) electrons. The van der Waals surface area contributed by atoms with Crippen LogP contribution in [0.3, 0.4) is 0 Å². The number of hydrogen-bond acceptors (Lipinski definition) is 2. The van der Waals surface area contributed by atoms with Crippen LogP contribution in [0.15, 0.2) is 213 Å². The van der Waals surface area contributed by atoms with Crippen LogP contribution in [0.25, 0.3) is 132 Å². The zero-order valence-corrected chi connectivity index (χ0v) is 35.2. The van der Waals surface area contributed by atoms with E-state index in [0.717, 1.165) is 115 Å². The lowest BCUT2D eigenvalue weighted by molar-refractivity contribution is 0.666. The number of rotatable bonds is 4. The van der Waals surface area contributed by atoms with E-state index in [-0.39, 0.29) is 0 Å². The molecular weight excluding hydrogens is 837 g/mol. The van der Waals surface area contributed by atoms with E-state index >= 15 is 0 Å². The first-order valence-electron chi connectivity index (χ1n) is 21.3. The summed E-state index contributed by atoms with van der Waals surface area (Å²) in [5.74, 6) is 0. The molecular formula is C58H33BrN2O2. The highest BCUT2D eigenvalue weighted by molar-refractivity contribution is 9.10. The second-order valence-electron chi connectivity index (χ2n) is 16.6. The number of benzene rings is 10. The standard InChI is InChI=1S/C58H33BrN2O2/c59-39-29-37(34-24-26-50-46(31-34)41-14-3-7-19-48(41)60(50)52-21-11-18-44-43-16-5-9-22-54(43)62-57(44)52)28-38(30-39)35-25-27-51-47(32-35)42-15-4-8-20-49(42)61(51)53-33-36-12-1-2-13-40(36)58-56(53)45-17-6-10-23-55(45)63-58/h1-33H. The lowest BCUT2D eigenvalue weighted by Crippen LogP contribution is -1.95. The smallest absolute Gasteiger partial charge is 0.159 e. The summed E-state index contributed by atoms with van der Waals surface area (Å²) in [4.78, 5) is 0. The number of nitrogens with zero attached hydrogens (tertiary/aromatic N) is 2. The third-order valence-corrected chi connectivity index (χ3v) is 13.6. The molecule has 0 spiro atoms. The topological polar surface area (TPSA) is 36.1 Å². The first kappa shape index (κ1) is 34.8. The summed E-state index contributed by atoms with van der Waals surface area (Å²) < 4.78 is 19.0. The maximum atomic E-state index is 6.63. The van der Waals surface area contributed by atoms with Gasteiger partial charge in [0, 0.05) is 47.6 Å². The lowest BCUT2D eigenvalue weighted by Gasteiger charge is -2.12. The van der Waals surface area contributed by atoms with Crippen molar-refractivity contribution in [1.82, 2.24) is 9.13 Å². The maximum Gasteiger partial charge on any atom is 0.159 e. The Labute approximate surface area is 368 Å². The number of aromatic nitrogens is 2. The van der Waals surface area contributed by atoms with Crippen molar-refractivity contribution < 1.29 is 8.83 Å². The van der Waals surface area contributed by atoms with Gasteiger partial charge in [0.05, 0.1) is 38.8 Å². The summed E-state index contributed by atoms with van der Waals surface area (Å²) in [7, 11) is 0. The summed E-state index contributed by atoms with van der Waals surface area (Å²) in [6, 6.07) is 72.0. The molecule has 14 aromatic rings. The minimum Gasteiger partial charge on any atom is -0.455 e. The van der Waals surface area contributed by atoms with E-state index in [2.05, 4.69) is 207 Å². The van der Waals surface area contributed by atoms with Gasteiger partial charge in [0.15, 0.2) is 5.58 Å². The van der Waals surface area contributed by atoms with Crippen LogP contribution in [0.1, 0.15) is 0 Å². The Morgan fingerprint density at radius 3 is 1.51 bits per heavy atom. The van der Waals surface area contributed by atoms with Crippen molar-refractivity contribution in [2.24, 2.45) is 0 Å². The third kappa shape index (κ3) is 5.03. The summed E-state index contributed by atoms with van der Waals surface area (Å²) in [6.07, 6.45) is 0. The SMILES string of the molecule is Brc1cc(-c2ccc3c(c2)c2ccccc2n3-c2cccc3c2oc2ccccc23)cc(-c2ccc3c(c2)c2ccccc2n3-c2cc3ccccc3c3oc4ccccc4c23)c1. The van der Waals surface area contributed by atoms with Gasteiger partial charge in [-0.3, -0.25) is 0 Å². The zero-order valence-electron chi connectivity index (χ0n) is 33.6. The minimum atomic E-state index is 0.891. The zero-order chi connectivity index (χ0) is 41.3. The van der Waals surface area contributed by atoms with Gasteiger partial charge in [-0.25, -0.2) is 0 Å². The van der Waals surface area contributed by atoms with Gasteiger partial charge in [0.2, 0.25) is 0 Å². The first-order valence-corrected chi connectivity index (χ1v) is 22.1. The molecule has 0 atom stereocenters. The fraction of sp³-hybridized carbons (Fsp3) is 0. The number of furan rings is 2. The lowest BCUT2D eigenvalue weighted by atomic mass is 9.97. The fourth-order valence-corrected chi connectivity index (χ4v) is 10.9. The molecule has 4 nitrogen and oxygen atoms in total. The molecule has 0 bridgehead atoms. The average molecular weight is 870 g/mol. The molecule has 0 aliphatic heterocycles. The average Bonchev–Trinajstić information content (AvgIpc) is 4.09. The van der Waals surface area contributed by atoms with Gasteiger partial charge >= 0.3 is 0 Å². The molecule has 294 valence electrons. The van der Waals surface area contributed by atoms with Crippen molar-refractivity contribution in [2.75, 3.05) is 0 Å². The Balaban J connectivity index is 0.932. The molecule has 10 aromatic carbocycles. The van der Waals surface area contributed by atoms with E-state index in [1.165, 1.54) is 21.5 Å². The quantitative estimate of drug-likeness (QED) is 0.177. The molecule has 0 aliphatic carbocycles. The molecule has 4 aromatic heterocycles. The Bertz CT molecular complexity index is 4240. The minimum absolute atomic E-state index is 0.891. The first-order chi connectivity index (χ1) is 31.1. The fourth-order valence-electron chi connectivity index (χ4n) is 10.4. The molecule has 4 heterocycles. The van der Waals surface area contributed by atoms with Gasteiger partial charge in [-0.05, 0) is 107 Å². The molecule has 0 saturated heterocycles. The van der Waals surface area contributed by atoms with Gasteiger partial charge in [0.1, 0.15) is 16.7 Å². The number of para-hydroxylation sites is 5. The highest BCUT2D eigenvalue weighted by atomic mass is 79.9. The Hall–Kier alpha value is -7.86. The van der Waals surface area contributed by atoms with Crippen molar-refractivity contribution in [2.45, 2.75) is 0 Å². The molecule has 63 heavy (non-hydrogen) atoms. The third-order valence-electron chi connectivity index (χ3n) is 13.1. The predicted octanol–water partition coefficient (Wildman–Crippen LogP) is 16.9. The van der Waals surface area contributed by atoms with Crippen molar-refractivity contribution in [1.29, 1.82) is 0 Å². The summed E-state index contributed by atoms with van der Waals surface area (Å²) in [5.41, 5.74) is 14.9. The van der Waals surface area contributed by atoms with E-state index < -0.39 is 0 Å². The van der Waals surface area contributed by atoms with Crippen molar-refractivity contribution in [3.63, 3.8) is 0 Å². The summed E-state index contributed by atoms with van der Waals surface area (Å²) in [5, 5.41) is 11.6. The van der Waals surface area contributed by atoms with Gasteiger partial charge in [0.25, 0.3) is 0 Å².